The summed E-state index contributed by atoms with van der Waals surface area (Å²) in [5, 5.41) is 16.0. The number of piperidine rings is 1. The molecule has 4 atom stereocenters. The lowest BCUT2D eigenvalue weighted by atomic mass is 9.89. The summed E-state index contributed by atoms with van der Waals surface area (Å²) in [6, 6.07) is 10.7. The minimum absolute atomic E-state index is 0.159. The van der Waals surface area contributed by atoms with Gasteiger partial charge in [-0.25, -0.2) is 4.98 Å². The Morgan fingerprint density at radius 3 is 2.55 bits per heavy atom. The Balaban J connectivity index is 1.34. The first-order valence-electron chi connectivity index (χ1n) is 17.4. The van der Waals surface area contributed by atoms with Gasteiger partial charge in [0.25, 0.3) is 0 Å². The van der Waals surface area contributed by atoms with Gasteiger partial charge in [0.1, 0.15) is 23.9 Å². The second kappa shape index (κ2) is 17.5. The monoisotopic (exact) mass is 691 g/mol. The Kier molecular flexibility index (Phi) is 13.0. The van der Waals surface area contributed by atoms with E-state index in [1.54, 1.807) is 6.92 Å². The summed E-state index contributed by atoms with van der Waals surface area (Å²) < 4.78 is 6.78. The number of rotatable bonds is 15. The van der Waals surface area contributed by atoms with Gasteiger partial charge in [-0.05, 0) is 88.3 Å². The molecule has 0 spiro atoms. The predicted octanol–water partition coefficient (Wildman–Crippen LogP) is 2.78. The van der Waals surface area contributed by atoms with Crippen LogP contribution in [0, 0.1) is 12.8 Å². The van der Waals surface area contributed by atoms with Gasteiger partial charge < -0.3 is 37.1 Å². The molecule has 0 aliphatic carbocycles. The maximum atomic E-state index is 14.2. The van der Waals surface area contributed by atoms with E-state index in [0.717, 1.165) is 27.1 Å². The summed E-state index contributed by atoms with van der Waals surface area (Å²) in [6.45, 7) is 6.10. The molecule has 4 amide bonds. The number of hydrogen-bond acceptors (Lipinski definition) is 9. The van der Waals surface area contributed by atoms with Gasteiger partial charge in [-0.3, -0.25) is 19.2 Å². The van der Waals surface area contributed by atoms with Crippen molar-refractivity contribution in [1.82, 2.24) is 31.6 Å². The minimum atomic E-state index is -0.927. The number of carbonyl (C=O) groups is 4. The summed E-state index contributed by atoms with van der Waals surface area (Å²) in [4.78, 5) is 59.2. The zero-order valence-corrected chi connectivity index (χ0v) is 29.2. The minimum Gasteiger partial charge on any atom is -0.493 e. The van der Waals surface area contributed by atoms with Gasteiger partial charge in [-0.2, -0.15) is 0 Å². The molecule has 1 fully saturated rings. The molecule has 0 saturated carbocycles. The molecular weight excluding hydrogens is 643 g/mol. The van der Waals surface area contributed by atoms with Crippen molar-refractivity contribution >= 4 is 45.2 Å². The van der Waals surface area contributed by atoms with Crippen LogP contribution in [0.3, 0.4) is 0 Å². The van der Waals surface area contributed by atoms with E-state index in [9.17, 15) is 19.2 Å². The van der Waals surface area contributed by atoms with Gasteiger partial charge in [0.2, 0.25) is 23.6 Å². The molecule has 0 unspecified atom stereocenters. The normalized spacial score (nSPS) is 18.0. The Bertz CT molecular complexity index is 1610. The SMILES string of the molecule is CCC(=O)N[C@@H](Cc1nc2ccc(C)cc2s1)C(=O)N[C@H](C(=O)N[C@@H](CCCCN)C(=O)N[C@@H]1CCOc2ccccc21)C1CCNCC1. The standard InChI is InChI=1S/C36H49N7O5S/c1-3-31(44)39-28(21-32-40-26-12-11-22(2)20-30(26)49-32)35(46)43-33(23-13-17-38-18-14-23)36(47)42-27(9-6-7-16-37)34(45)41-25-15-19-48-29-10-5-4-8-24(25)29/h4-5,8,10-12,20,23,25,27-28,33,38H,3,6-7,9,13-19,21,37H2,1-2H3,(H,39,44)(H,41,45)(H,42,47)(H,43,46)/t25-,27+,28+,33+/m1/s1. The maximum Gasteiger partial charge on any atom is 0.243 e. The smallest absolute Gasteiger partial charge is 0.243 e. The molecule has 1 aromatic heterocycles. The van der Waals surface area contributed by atoms with Crippen LogP contribution in [0.2, 0.25) is 0 Å². The van der Waals surface area contributed by atoms with E-state index in [1.165, 1.54) is 11.3 Å². The van der Waals surface area contributed by atoms with Crippen LogP contribution >= 0.6 is 11.3 Å². The largest absolute Gasteiger partial charge is 0.493 e. The maximum absolute atomic E-state index is 14.2. The summed E-state index contributed by atoms with van der Waals surface area (Å²) in [5.74, 6) is -0.862. The average Bonchev–Trinajstić information content (AvgIpc) is 3.51. The molecule has 2 aromatic carbocycles. The van der Waals surface area contributed by atoms with Crippen molar-refractivity contribution in [2.75, 3.05) is 26.2 Å². The van der Waals surface area contributed by atoms with E-state index in [0.29, 0.717) is 69.8 Å². The van der Waals surface area contributed by atoms with Gasteiger partial charge in [0, 0.05) is 24.8 Å². The zero-order valence-electron chi connectivity index (χ0n) is 28.4. The fourth-order valence-corrected chi connectivity index (χ4v) is 7.57. The molecule has 2 aliphatic heterocycles. The number of carbonyl (C=O) groups excluding carboxylic acids is 4. The molecule has 7 N–H and O–H groups in total. The molecule has 12 nitrogen and oxygen atoms in total. The van der Waals surface area contributed by atoms with Crippen molar-refractivity contribution in [1.29, 1.82) is 0 Å². The molecule has 13 heteroatoms. The number of nitrogens with zero attached hydrogens (tertiary/aromatic N) is 1. The van der Waals surface area contributed by atoms with Gasteiger partial charge in [0.05, 0.1) is 27.9 Å². The molecule has 3 aromatic rings. The highest BCUT2D eigenvalue weighted by Gasteiger charge is 2.36. The number of unbranched alkanes of at least 4 members (excludes halogenated alkanes) is 1. The second-order valence-electron chi connectivity index (χ2n) is 12.9. The third-order valence-electron chi connectivity index (χ3n) is 9.23. The molecule has 2 aliphatic rings. The van der Waals surface area contributed by atoms with Crippen LogP contribution in [-0.4, -0.2) is 73.0 Å². The first-order valence-corrected chi connectivity index (χ1v) is 18.3. The first kappa shape index (κ1) is 36.2. The quantitative estimate of drug-likeness (QED) is 0.132. The highest BCUT2D eigenvalue weighted by molar-refractivity contribution is 7.18. The lowest BCUT2D eigenvalue weighted by molar-refractivity contribution is -0.135. The highest BCUT2D eigenvalue weighted by Crippen LogP contribution is 2.31. The van der Waals surface area contributed by atoms with E-state index >= 15 is 0 Å². The van der Waals surface area contributed by atoms with Crippen LogP contribution in [0.1, 0.15) is 74.0 Å². The van der Waals surface area contributed by atoms with E-state index in [-0.39, 0.29) is 36.6 Å². The fraction of sp³-hybridized carbons (Fsp3) is 0.528. The number of para-hydroxylation sites is 1. The van der Waals surface area contributed by atoms with Crippen molar-refractivity contribution in [3.63, 3.8) is 0 Å². The predicted molar refractivity (Wildman–Crippen MR) is 190 cm³/mol. The number of aromatic nitrogens is 1. The third-order valence-corrected chi connectivity index (χ3v) is 10.3. The first-order chi connectivity index (χ1) is 23.7. The summed E-state index contributed by atoms with van der Waals surface area (Å²) in [6.07, 6.45) is 4.10. The molecule has 1 saturated heterocycles. The van der Waals surface area contributed by atoms with Gasteiger partial charge in [-0.1, -0.05) is 31.2 Å². The van der Waals surface area contributed by atoms with Crippen molar-refractivity contribution in [2.24, 2.45) is 11.7 Å². The molecule has 0 bridgehead atoms. The Morgan fingerprint density at radius 2 is 1.78 bits per heavy atom. The van der Waals surface area contributed by atoms with Crippen molar-refractivity contribution in [2.45, 2.75) is 89.4 Å². The molecular formula is C36H49N7O5S. The molecule has 49 heavy (non-hydrogen) atoms. The van der Waals surface area contributed by atoms with Crippen LogP contribution in [0.5, 0.6) is 5.75 Å². The number of aryl methyl sites for hydroxylation is 1. The molecule has 264 valence electrons. The van der Waals surface area contributed by atoms with Crippen molar-refractivity contribution < 1.29 is 23.9 Å². The average molecular weight is 692 g/mol. The van der Waals surface area contributed by atoms with Crippen molar-refractivity contribution in [3.8, 4) is 5.75 Å². The van der Waals surface area contributed by atoms with Crippen LogP contribution in [-0.2, 0) is 25.6 Å². The Hall–Kier alpha value is -4.07. The lowest BCUT2D eigenvalue weighted by Gasteiger charge is -2.33. The molecule has 3 heterocycles. The lowest BCUT2D eigenvalue weighted by Crippen LogP contribution is -2.60. The van der Waals surface area contributed by atoms with E-state index < -0.39 is 29.9 Å². The number of amides is 4. The molecule has 0 radical (unpaired) electrons. The topological polar surface area (TPSA) is 177 Å². The second-order valence-corrected chi connectivity index (χ2v) is 14.0. The van der Waals surface area contributed by atoms with Crippen LogP contribution < -0.4 is 37.1 Å². The van der Waals surface area contributed by atoms with Gasteiger partial charge in [-0.15, -0.1) is 11.3 Å². The number of thiazole rings is 1. The van der Waals surface area contributed by atoms with E-state index in [4.69, 9.17) is 15.5 Å². The number of nitrogens with one attached hydrogen (secondary N) is 5. The number of fused-ring (bicyclic) bond motifs is 2. The third kappa shape index (κ3) is 9.77. The van der Waals surface area contributed by atoms with Crippen LogP contribution in [0.25, 0.3) is 10.2 Å². The van der Waals surface area contributed by atoms with E-state index in [1.807, 2.05) is 43.3 Å². The van der Waals surface area contributed by atoms with Gasteiger partial charge >= 0.3 is 0 Å². The van der Waals surface area contributed by atoms with Crippen LogP contribution in [0.4, 0.5) is 0 Å². The summed E-state index contributed by atoms with van der Waals surface area (Å²) in [5.41, 5.74) is 8.61. The summed E-state index contributed by atoms with van der Waals surface area (Å²) >= 11 is 1.48. The number of benzene rings is 2. The van der Waals surface area contributed by atoms with Gasteiger partial charge in [0.15, 0.2) is 0 Å². The zero-order chi connectivity index (χ0) is 34.8. The Morgan fingerprint density at radius 1 is 0.980 bits per heavy atom. The Labute approximate surface area is 291 Å². The fourth-order valence-electron chi connectivity index (χ4n) is 6.46. The highest BCUT2D eigenvalue weighted by atomic mass is 32.1. The number of ether oxygens (including phenoxy) is 1. The van der Waals surface area contributed by atoms with Crippen LogP contribution in [0.15, 0.2) is 42.5 Å². The molecule has 5 rings (SSSR count). The number of nitrogens with two attached hydrogens (primary N) is 1. The van der Waals surface area contributed by atoms with E-state index in [2.05, 4.69) is 32.7 Å². The van der Waals surface area contributed by atoms with Crippen molar-refractivity contribution in [3.05, 3.63) is 58.6 Å². The number of hydrogen-bond donors (Lipinski definition) is 6. The summed E-state index contributed by atoms with van der Waals surface area (Å²) in [7, 11) is 0.